The lowest BCUT2D eigenvalue weighted by Gasteiger charge is -2.23. The van der Waals surface area contributed by atoms with E-state index in [1.54, 1.807) is 31.4 Å². The zero-order valence-corrected chi connectivity index (χ0v) is 20.7. The van der Waals surface area contributed by atoms with Gasteiger partial charge in [0.05, 0.1) is 20.8 Å². The number of carbonyl (C=O) groups excluding carboxylic acids is 2. The van der Waals surface area contributed by atoms with Crippen molar-refractivity contribution in [2.45, 2.75) is 51.2 Å². The van der Waals surface area contributed by atoms with Crippen molar-refractivity contribution >= 4 is 25.1 Å². The molecule has 2 aromatic rings. The number of benzene rings is 2. The number of hydrogen-bond donors (Lipinski definition) is 2. The number of ether oxygens (including phenoxy) is 1. The zero-order valence-electron chi connectivity index (χ0n) is 19.7. The molecular weight excluding hydrogens is 439 g/mol. The summed E-state index contributed by atoms with van der Waals surface area (Å²) in [6, 6.07) is 11.0. The minimum atomic E-state index is -1.82. The predicted octanol–water partition coefficient (Wildman–Crippen LogP) is 3.15. The molecule has 2 amide bonds. The van der Waals surface area contributed by atoms with Gasteiger partial charge in [-0.2, -0.15) is 0 Å². The van der Waals surface area contributed by atoms with Gasteiger partial charge >= 0.3 is 6.03 Å². The first-order valence-electron chi connectivity index (χ1n) is 11.2. The number of rotatable bonds is 8. The Morgan fingerprint density at radius 3 is 2.39 bits per heavy atom. The number of nitrogens with zero attached hydrogens (tertiary/aromatic N) is 1. The van der Waals surface area contributed by atoms with Crippen LogP contribution in [0, 0.1) is 5.82 Å². The summed E-state index contributed by atoms with van der Waals surface area (Å²) >= 11 is 0. The number of nitrogens with one attached hydrogen (secondary N) is 1. The van der Waals surface area contributed by atoms with Crippen molar-refractivity contribution in [3.05, 3.63) is 65.0 Å². The number of β-amino-alcohol motifs (C(OH)–C–C–N with tert-alkyl or cyclic N) is 1. The van der Waals surface area contributed by atoms with Crippen molar-refractivity contribution in [2.24, 2.45) is 0 Å². The van der Waals surface area contributed by atoms with E-state index in [-0.39, 0.29) is 24.6 Å². The summed E-state index contributed by atoms with van der Waals surface area (Å²) < 4.78 is 19.8. The van der Waals surface area contributed by atoms with Crippen molar-refractivity contribution in [3.8, 4) is 0 Å². The molecule has 3 rings (SSSR count). The highest BCUT2D eigenvalue weighted by Crippen LogP contribution is 2.20. The first-order chi connectivity index (χ1) is 15.6. The summed E-state index contributed by atoms with van der Waals surface area (Å²) in [6.07, 6.45) is -0.0392. The molecule has 1 heterocycles. The molecule has 0 aromatic heterocycles. The van der Waals surface area contributed by atoms with Crippen LogP contribution >= 0.6 is 0 Å². The maximum Gasteiger partial charge on any atom is 0.318 e. The fraction of sp³-hybridized carbons (Fsp3) is 0.440. The highest BCUT2D eigenvalue weighted by atomic mass is 28.3. The minimum absolute atomic E-state index is 0.00368. The van der Waals surface area contributed by atoms with E-state index >= 15 is 0 Å². The Hall–Kier alpha value is -2.55. The van der Waals surface area contributed by atoms with E-state index in [0.29, 0.717) is 30.7 Å². The molecule has 1 aliphatic heterocycles. The van der Waals surface area contributed by atoms with Crippen LogP contribution in [-0.4, -0.2) is 56.2 Å². The molecule has 6 nitrogen and oxygen atoms in total. The third-order valence-electron chi connectivity index (χ3n) is 5.88. The zero-order chi connectivity index (χ0) is 24.2. The lowest BCUT2D eigenvalue weighted by molar-refractivity contribution is -0.120. The number of methoxy groups -OCH3 is 1. The molecule has 0 bridgehead atoms. The van der Waals surface area contributed by atoms with E-state index in [1.165, 1.54) is 11.0 Å². The van der Waals surface area contributed by atoms with Gasteiger partial charge in [0.1, 0.15) is 11.9 Å². The predicted molar refractivity (Wildman–Crippen MR) is 129 cm³/mol. The number of aliphatic hydroxyl groups excluding tert-OH is 1. The molecule has 1 aliphatic rings. The van der Waals surface area contributed by atoms with E-state index in [1.807, 2.05) is 12.1 Å². The third-order valence-corrected chi connectivity index (χ3v) is 7.91. The first kappa shape index (κ1) is 25.1. The third kappa shape index (κ3) is 6.49. The largest absolute Gasteiger partial charge is 0.391 e. The number of halogens is 1. The van der Waals surface area contributed by atoms with Gasteiger partial charge in [0.15, 0.2) is 5.78 Å². The normalized spacial score (nSPS) is 17.2. The minimum Gasteiger partial charge on any atom is -0.391 e. The number of hydrogen-bond acceptors (Lipinski definition) is 4. The fourth-order valence-corrected chi connectivity index (χ4v) is 5.42. The topological polar surface area (TPSA) is 78.9 Å². The summed E-state index contributed by atoms with van der Waals surface area (Å²) in [6.45, 7) is 7.34. The molecule has 1 fully saturated rings. The van der Waals surface area contributed by atoms with Crippen molar-refractivity contribution in [2.75, 3.05) is 20.2 Å². The number of ketones is 1. The second-order valence-electron chi connectivity index (χ2n) is 9.65. The standard InChI is InChI=1S/C25H33FN2O4Si/c1-32-16-17-5-8-19(9-6-17)24(27-25(31)28-12-11-20(29)15-28)22(30)14-18-7-10-23(21(26)13-18)33(2,3)4/h5-10,13,20,24,29H,11-12,14-16H2,1-4H3,(H,27,31)/t20-,24-/m1/s1. The number of aliphatic hydroxyl groups is 1. The quantitative estimate of drug-likeness (QED) is 0.579. The SMILES string of the molecule is COCc1ccc([C@@H](NC(=O)N2CC[C@@H](O)C2)C(=O)Cc2ccc([Si](C)(C)C)c(F)c2)cc1. The maximum atomic E-state index is 14.7. The second-order valence-corrected chi connectivity index (χ2v) is 14.7. The van der Waals surface area contributed by atoms with Crippen molar-refractivity contribution < 1.29 is 23.8 Å². The van der Waals surface area contributed by atoms with Crippen LogP contribution in [0.25, 0.3) is 0 Å². The van der Waals surface area contributed by atoms with Gasteiger partial charge in [-0.3, -0.25) is 4.79 Å². The smallest absolute Gasteiger partial charge is 0.318 e. The van der Waals surface area contributed by atoms with E-state index in [2.05, 4.69) is 25.0 Å². The van der Waals surface area contributed by atoms with Crippen molar-refractivity contribution in [3.63, 3.8) is 0 Å². The molecule has 2 atom stereocenters. The summed E-state index contributed by atoms with van der Waals surface area (Å²) in [5, 5.41) is 13.3. The summed E-state index contributed by atoms with van der Waals surface area (Å²) in [5.41, 5.74) is 2.17. The van der Waals surface area contributed by atoms with Crippen LogP contribution in [0.4, 0.5) is 9.18 Å². The van der Waals surface area contributed by atoms with Crippen molar-refractivity contribution in [1.29, 1.82) is 0 Å². The van der Waals surface area contributed by atoms with E-state index in [0.717, 1.165) is 10.8 Å². The van der Waals surface area contributed by atoms with E-state index < -0.39 is 26.3 Å². The average Bonchev–Trinajstić information content (AvgIpc) is 3.18. The number of carbonyl (C=O) groups is 2. The second kappa shape index (κ2) is 10.6. The van der Waals surface area contributed by atoms with Crippen LogP contribution in [0.15, 0.2) is 42.5 Å². The summed E-state index contributed by atoms with van der Waals surface area (Å²) in [4.78, 5) is 27.6. The molecule has 2 aromatic carbocycles. The maximum absolute atomic E-state index is 14.7. The highest BCUT2D eigenvalue weighted by molar-refractivity contribution is 6.88. The Labute approximate surface area is 195 Å². The molecular formula is C25H33FN2O4Si. The van der Waals surface area contributed by atoms with Crippen molar-refractivity contribution in [1.82, 2.24) is 10.2 Å². The highest BCUT2D eigenvalue weighted by Gasteiger charge is 2.29. The average molecular weight is 473 g/mol. The first-order valence-corrected chi connectivity index (χ1v) is 14.7. The van der Waals surface area contributed by atoms with Crippen LogP contribution in [0.5, 0.6) is 0 Å². The van der Waals surface area contributed by atoms with Gasteiger partial charge in [-0.25, -0.2) is 9.18 Å². The molecule has 33 heavy (non-hydrogen) atoms. The van der Waals surface area contributed by atoms with Gasteiger partial charge in [0.25, 0.3) is 0 Å². The number of Topliss-reactive ketones (excluding diaryl/α,β-unsaturated/α-hetero) is 1. The molecule has 0 aliphatic carbocycles. The Morgan fingerprint density at radius 1 is 1.18 bits per heavy atom. The lowest BCUT2D eigenvalue weighted by Crippen LogP contribution is -2.43. The Kier molecular flexibility index (Phi) is 8.04. The molecule has 1 saturated heterocycles. The van der Waals surface area contributed by atoms with Gasteiger partial charge in [-0.1, -0.05) is 56.0 Å². The van der Waals surface area contributed by atoms with Gasteiger partial charge in [-0.15, -0.1) is 0 Å². The van der Waals surface area contributed by atoms with Crippen LogP contribution in [-0.2, 0) is 22.6 Å². The molecule has 178 valence electrons. The van der Waals surface area contributed by atoms with Gasteiger partial charge in [0, 0.05) is 26.6 Å². The molecule has 0 spiro atoms. The fourth-order valence-electron chi connectivity index (χ4n) is 4.04. The molecule has 2 N–H and O–H groups in total. The number of amides is 2. The molecule has 0 saturated carbocycles. The summed E-state index contributed by atoms with van der Waals surface area (Å²) in [7, 11) is -0.215. The Balaban J connectivity index is 1.82. The van der Waals surface area contributed by atoms with Gasteiger partial charge < -0.3 is 20.1 Å². The van der Waals surface area contributed by atoms with Crippen LogP contribution in [0.1, 0.15) is 29.2 Å². The Morgan fingerprint density at radius 2 is 1.85 bits per heavy atom. The van der Waals surface area contributed by atoms with Crippen LogP contribution in [0.3, 0.4) is 0 Å². The number of likely N-dealkylation sites (tertiary alicyclic amines) is 1. The molecule has 8 heteroatoms. The Bertz CT molecular complexity index is 991. The molecule has 0 radical (unpaired) electrons. The van der Waals surface area contributed by atoms with Gasteiger partial charge in [-0.05, 0) is 34.4 Å². The molecule has 0 unspecified atom stereocenters. The monoisotopic (exact) mass is 472 g/mol. The number of urea groups is 1. The lowest BCUT2D eigenvalue weighted by atomic mass is 9.96. The summed E-state index contributed by atoms with van der Waals surface area (Å²) in [5.74, 6) is -0.516. The van der Waals surface area contributed by atoms with E-state index in [4.69, 9.17) is 4.74 Å². The van der Waals surface area contributed by atoms with Crippen LogP contribution < -0.4 is 10.5 Å². The van der Waals surface area contributed by atoms with E-state index in [9.17, 15) is 19.1 Å². The van der Waals surface area contributed by atoms with Gasteiger partial charge in [0.2, 0.25) is 0 Å². The van der Waals surface area contributed by atoms with Crippen LogP contribution in [0.2, 0.25) is 19.6 Å².